The van der Waals surface area contributed by atoms with Gasteiger partial charge in [-0.1, -0.05) is 19.1 Å². The summed E-state index contributed by atoms with van der Waals surface area (Å²) in [4.78, 5) is 24.6. The molecule has 0 radical (unpaired) electrons. The van der Waals surface area contributed by atoms with Gasteiger partial charge in [0.05, 0.1) is 10.6 Å². The lowest BCUT2D eigenvalue weighted by molar-refractivity contribution is -0.123. The van der Waals surface area contributed by atoms with Crippen LogP contribution >= 0.6 is 0 Å². The lowest BCUT2D eigenvalue weighted by atomic mass is 9.97. The van der Waals surface area contributed by atoms with Crippen molar-refractivity contribution < 1.29 is 22.7 Å². The highest BCUT2D eigenvalue weighted by atomic mass is 32.2. The number of fused-ring (bicyclic) bond motifs is 1. The van der Waals surface area contributed by atoms with Crippen molar-refractivity contribution in [2.75, 3.05) is 23.7 Å². The zero-order chi connectivity index (χ0) is 22.9. The Kier molecular flexibility index (Phi) is 6.21. The molecule has 9 heteroatoms. The fourth-order valence-corrected chi connectivity index (χ4v) is 5.42. The van der Waals surface area contributed by atoms with Crippen LogP contribution in [0, 0.1) is 5.92 Å². The van der Waals surface area contributed by atoms with Crippen molar-refractivity contribution in [2.24, 2.45) is 5.92 Å². The average molecular weight is 458 g/mol. The van der Waals surface area contributed by atoms with Gasteiger partial charge in [-0.3, -0.25) is 9.59 Å². The number of carbonyl (C=O) groups excluding carboxylic acids is 2. The van der Waals surface area contributed by atoms with E-state index in [-0.39, 0.29) is 35.7 Å². The monoisotopic (exact) mass is 457 g/mol. The maximum Gasteiger partial charge on any atom is 0.265 e. The van der Waals surface area contributed by atoms with Gasteiger partial charge in [-0.25, -0.2) is 8.42 Å². The van der Waals surface area contributed by atoms with E-state index in [0.717, 1.165) is 12.1 Å². The van der Waals surface area contributed by atoms with Gasteiger partial charge in [0.2, 0.25) is 15.9 Å². The molecule has 0 aliphatic carbocycles. The van der Waals surface area contributed by atoms with Crippen LogP contribution in [0.2, 0.25) is 0 Å². The first-order valence-electron chi connectivity index (χ1n) is 10.8. The van der Waals surface area contributed by atoms with Crippen LogP contribution in [0.25, 0.3) is 0 Å². The molecule has 1 saturated heterocycles. The summed E-state index contributed by atoms with van der Waals surface area (Å²) in [6.07, 6.45) is 1.20. The highest BCUT2D eigenvalue weighted by Gasteiger charge is 2.33. The highest BCUT2D eigenvalue weighted by Crippen LogP contribution is 2.33. The summed E-state index contributed by atoms with van der Waals surface area (Å²) in [5.74, 6) is -0.208. The van der Waals surface area contributed by atoms with Crippen LogP contribution in [-0.2, 0) is 26.0 Å². The van der Waals surface area contributed by atoms with E-state index in [0.29, 0.717) is 24.3 Å². The number of hydrogen-bond acceptors (Lipinski definition) is 5. The van der Waals surface area contributed by atoms with Gasteiger partial charge in [0.1, 0.15) is 5.75 Å². The van der Waals surface area contributed by atoms with Crippen LogP contribution in [0.15, 0.2) is 47.4 Å². The minimum absolute atomic E-state index is 0.0888. The molecule has 2 aromatic rings. The van der Waals surface area contributed by atoms with Gasteiger partial charge in [0.15, 0.2) is 6.10 Å². The van der Waals surface area contributed by atoms with Crippen LogP contribution in [-0.4, -0.2) is 43.7 Å². The SMILES string of the molecule is CCc1ccc(NC(=O)C2CCN(S(=O)(=O)c3ccc4c(c3)NC(=O)[C@@H](C)O4)CC2)cc1. The summed E-state index contributed by atoms with van der Waals surface area (Å²) >= 11 is 0. The number of rotatable bonds is 5. The summed E-state index contributed by atoms with van der Waals surface area (Å²) in [7, 11) is -3.75. The Bertz CT molecular complexity index is 1120. The Morgan fingerprint density at radius 1 is 1.16 bits per heavy atom. The molecule has 2 heterocycles. The molecule has 1 atom stereocenters. The third-order valence-electron chi connectivity index (χ3n) is 5.97. The third-order valence-corrected chi connectivity index (χ3v) is 7.87. The molecule has 2 N–H and O–H groups in total. The van der Waals surface area contributed by atoms with Gasteiger partial charge in [-0.05, 0) is 62.1 Å². The molecule has 2 aromatic carbocycles. The molecule has 0 bridgehead atoms. The molecule has 8 nitrogen and oxygen atoms in total. The highest BCUT2D eigenvalue weighted by molar-refractivity contribution is 7.89. The number of aryl methyl sites for hydroxylation is 1. The molecule has 2 aliphatic rings. The Balaban J connectivity index is 1.39. The molecule has 0 aromatic heterocycles. The van der Waals surface area contributed by atoms with E-state index in [1.807, 2.05) is 24.3 Å². The van der Waals surface area contributed by atoms with Gasteiger partial charge in [0, 0.05) is 24.7 Å². The molecule has 0 unspecified atom stereocenters. The van der Waals surface area contributed by atoms with Gasteiger partial charge >= 0.3 is 0 Å². The Morgan fingerprint density at radius 3 is 2.50 bits per heavy atom. The first-order valence-corrected chi connectivity index (χ1v) is 12.2. The first-order chi connectivity index (χ1) is 15.3. The smallest absolute Gasteiger partial charge is 0.265 e. The van der Waals surface area contributed by atoms with Crippen LogP contribution in [0.1, 0.15) is 32.3 Å². The number of piperidine rings is 1. The lowest BCUT2D eigenvalue weighted by Crippen LogP contribution is -2.41. The fraction of sp³-hybridized carbons (Fsp3) is 0.391. The number of benzene rings is 2. The lowest BCUT2D eigenvalue weighted by Gasteiger charge is -2.31. The summed E-state index contributed by atoms with van der Waals surface area (Å²) in [6, 6.07) is 12.2. The first kappa shape index (κ1) is 22.3. The molecule has 0 spiro atoms. The molecule has 4 rings (SSSR count). The van der Waals surface area contributed by atoms with E-state index in [9.17, 15) is 18.0 Å². The molecular weight excluding hydrogens is 430 g/mol. The number of ether oxygens (including phenoxy) is 1. The largest absolute Gasteiger partial charge is 0.479 e. The molecule has 2 aliphatic heterocycles. The minimum Gasteiger partial charge on any atom is -0.479 e. The topological polar surface area (TPSA) is 105 Å². The molecule has 32 heavy (non-hydrogen) atoms. The van der Waals surface area contributed by atoms with E-state index in [4.69, 9.17) is 4.74 Å². The number of carbonyl (C=O) groups is 2. The zero-order valence-electron chi connectivity index (χ0n) is 18.1. The molecule has 1 fully saturated rings. The average Bonchev–Trinajstić information content (AvgIpc) is 2.80. The van der Waals surface area contributed by atoms with Gasteiger partial charge in [-0.15, -0.1) is 0 Å². The second-order valence-electron chi connectivity index (χ2n) is 8.13. The fourth-order valence-electron chi connectivity index (χ4n) is 3.92. The Hall–Kier alpha value is -2.91. The number of nitrogens with one attached hydrogen (secondary N) is 2. The van der Waals surface area contributed by atoms with Crippen LogP contribution in [0.4, 0.5) is 11.4 Å². The van der Waals surface area contributed by atoms with Crippen molar-refractivity contribution in [3.8, 4) is 5.75 Å². The van der Waals surface area contributed by atoms with Gasteiger partial charge in [0.25, 0.3) is 5.91 Å². The van der Waals surface area contributed by atoms with Gasteiger partial charge < -0.3 is 15.4 Å². The van der Waals surface area contributed by atoms with E-state index in [1.54, 1.807) is 13.0 Å². The Morgan fingerprint density at radius 2 is 1.84 bits per heavy atom. The summed E-state index contributed by atoms with van der Waals surface area (Å²) in [5, 5.41) is 5.61. The van der Waals surface area contributed by atoms with Crippen molar-refractivity contribution >= 4 is 33.2 Å². The number of hydrogen-bond donors (Lipinski definition) is 2. The maximum absolute atomic E-state index is 13.1. The number of sulfonamides is 1. The second kappa shape index (κ2) is 8.91. The zero-order valence-corrected chi connectivity index (χ0v) is 18.9. The predicted octanol–water partition coefficient (Wildman–Crippen LogP) is 3.01. The molecular formula is C23H27N3O5S. The molecule has 170 valence electrons. The summed E-state index contributed by atoms with van der Waals surface area (Å²) in [6.45, 7) is 4.21. The summed E-state index contributed by atoms with van der Waals surface area (Å²) < 4.78 is 33.1. The normalized spacial score (nSPS) is 19.6. The van der Waals surface area contributed by atoms with Crippen molar-refractivity contribution in [1.82, 2.24) is 4.31 Å². The van der Waals surface area contributed by atoms with Crippen molar-refractivity contribution in [3.05, 3.63) is 48.0 Å². The maximum atomic E-state index is 13.1. The number of amides is 2. The van der Waals surface area contributed by atoms with E-state index in [1.165, 1.54) is 22.0 Å². The van der Waals surface area contributed by atoms with Crippen LogP contribution < -0.4 is 15.4 Å². The second-order valence-corrected chi connectivity index (χ2v) is 10.1. The van der Waals surface area contributed by atoms with Crippen LogP contribution in [0.3, 0.4) is 0 Å². The van der Waals surface area contributed by atoms with Crippen LogP contribution in [0.5, 0.6) is 5.75 Å². The Labute approximate surface area is 188 Å². The molecule has 0 saturated carbocycles. The van der Waals surface area contributed by atoms with Crippen molar-refractivity contribution in [2.45, 2.75) is 44.1 Å². The van der Waals surface area contributed by atoms with E-state index in [2.05, 4.69) is 17.6 Å². The van der Waals surface area contributed by atoms with Crippen molar-refractivity contribution in [1.29, 1.82) is 0 Å². The molecule has 2 amide bonds. The third kappa shape index (κ3) is 4.49. The number of anilines is 2. The standard InChI is InChI=1S/C23H27N3O5S/c1-3-16-4-6-18(7-5-16)24-23(28)17-10-12-26(13-11-17)32(29,30)19-8-9-21-20(14-19)25-22(27)15(2)31-21/h4-9,14-15,17H,3,10-13H2,1-2H3,(H,24,28)(H,25,27)/t15-/m1/s1. The van der Waals surface area contributed by atoms with Gasteiger partial charge in [-0.2, -0.15) is 4.31 Å². The number of nitrogens with zero attached hydrogens (tertiary/aromatic N) is 1. The summed E-state index contributed by atoms with van der Waals surface area (Å²) in [5.41, 5.74) is 2.29. The predicted molar refractivity (Wildman–Crippen MR) is 121 cm³/mol. The quantitative estimate of drug-likeness (QED) is 0.718. The minimum atomic E-state index is -3.75. The van der Waals surface area contributed by atoms with Crippen molar-refractivity contribution in [3.63, 3.8) is 0 Å². The van der Waals surface area contributed by atoms with E-state index < -0.39 is 16.1 Å². The van der Waals surface area contributed by atoms with E-state index >= 15 is 0 Å².